The van der Waals surface area contributed by atoms with Crippen molar-refractivity contribution in [2.45, 2.75) is 38.4 Å². The molecule has 2 rings (SSSR count). The molecule has 2 aromatic carbocycles. The predicted octanol–water partition coefficient (Wildman–Crippen LogP) is 3.62. The molecule has 2 aromatic rings. The van der Waals surface area contributed by atoms with Crippen LogP contribution < -0.4 is 4.74 Å². The minimum Gasteiger partial charge on any atom is -0.490 e. The highest BCUT2D eigenvalue weighted by atomic mass is 32.2. The Kier molecular flexibility index (Phi) is 6.20. The maximum absolute atomic E-state index is 12.3. The van der Waals surface area contributed by atoms with Gasteiger partial charge in [0.2, 0.25) is 0 Å². The fraction of sp³-hybridized carbons (Fsp3) is 0.316. The number of esters is 1. The van der Waals surface area contributed by atoms with Gasteiger partial charge >= 0.3 is 5.97 Å². The Morgan fingerprint density at radius 1 is 1.04 bits per heavy atom. The number of sulfone groups is 1. The van der Waals surface area contributed by atoms with E-state index in [0.29, 0.717) is 16.9 Å². The second-order valence-corrected chi connectivity index (χ2v) is 8.06. The van der Waals surface area contributed by atoms with E-state index in [1.54, 1.807) is 43.3 Å². The molecule has 0 saturated heterocycles. The number of hydrogen-bond acceptors (Lipinski definition) is 5. The van der Waals surface area contributed by atoms with Gasteiger partial charge in [-0.3, -0.25) is 0 Å². The Morgan fingerprint density at radius 3 is 2.28 bits per heavy atom. The molecule has 0 bridgehead atoms. The van der Waals surface area contributed by atoms with Crippen LogP contribution in [0.5, 0.6) is 5.75 Å². The molecule has 0 amide bonds. The summed E-state index contributed by atoms with van der Waals surface area (Å²) in [6.07, 6.45) is -0.0537. The molecule has 0 aliphatic heterocycles. The average Bonchev–Trinajstić information content (AvgIpc) is 2.60. The topological polar surface area (TPSA) is 69.7 Å². The van der Waals surface area contributed by atoms with Gasteiger partial charge in [-0.2, -0.15) is 0 Å². The first-order valence-electron chi connectivity index (χ1n) is 8.08. The first kappa shape index (κ1) is 19.0. The molecule has 0 radical (unpaired) electrons. The summed E-state index contributed by atoms with van der Waals surface area (Å²) in [5.41, 5.74) is 1.08. The van der Waals surface area contributed by atoms with Gasteiger partial charge in [-0.05, 0) is 43.7 Å². The van der Waals surface area contributed by atoms with E-state index in [9.17, 15) is 13.2 Å². The van der Waals surface area contributed by atoms with E-state index < -0.39 is 15.8 Å². The van der Waals surface area contributed by atoms with Gasteiger partial charge in [0.1, 0.15) is 17.9 Å². The summed E-state index contributed by atoms with van der Waals surface area (Å²) in [7, 11) is -3.23. The second-order valence-electron chi connectivity index (χ2n) is 5.79. The largest absolute Gasteiger partial charge is 0.490 e. The van der Waals surface area contributed by atoms with Crippen LogP contribution in [0, 0.1) is 0 Å². The number of rotatable bonds is 7. The number of hydrogen-bond donors (Lipinski definition) is 0. The molecule has 0 fully saturated rings. The molecule has 5 nitrogen and oxygen atoms in total. The number of ether oxygens (including phenoxy) is 2. The van der Waals surface area contributed by atoms with E-state index in [1.165, 1.54) is 12.1 Å². The third-order valence-electron chi connectivity index (χ3n) is 3.50. The number of carbonyl (C=O) groups excluding carboxylic acids is 1. The van der Waals surface area contributed by atoms with Gasteiger partial charge in [0.15, 0.2) is 9.84 Å². The van der Waals surface area contributed by atoms with Crippen LogP contribution in [-0.4, -0.2) is 26.2 Å². The monoisotopic (exact) mass is 362 g/mol. The van der Waals surface area contributed by atoms with Crippen molar-refractivity contribution in [2.24, 2.45) is 0 Å². The lowest BCUT2D eigenvalue weighted by Gasteiger charge is -2.13. The number of benzene rings is 2. The molecule has 0 spiro atoms. The molecule has 0 aliphatic carbocycles. The zero-order valence-electron chi connectivity index (χ0n) is 14.6. The van der Waals surface area contributed by atoms with Crippen LogP contribution in [0.4, 0.5) is 0 Å². The molecule has 134 valence electrons. The molecule has 0 aromatic heterocycles. The summed E-state index contributed by atoms with van der Waals surface area (Å²) in [5.74, 6) is 0.0435. The molecule has 6 heteroatoms. The Hall–Kier alpha value is -2.34. The van der Waals surface area contributed by atoms with Gasteiger partial charge in [0, 0.05) is 0 Å². The summed E-state index contributed by atoms with van der Waals surface area (Å²) >= 11 is 0. The van der Waals surface area contributed by atoms with Crippen LogP contribution in [0.1, 0.15) is 36.7 Å². The number of carbonyl (C=O) groups is 1. The summed E-state index contributed by atoms with van der Waals surface area (Å²) in [6, 6.07) is 13.3. The molecule has 0 saturated carbocycles. The minimum atomic E-state index is -3.23. The number of para-hydroxylation sites is 1. The minimum absolute atomic E-state index is 0.0496. The van der Waals surface area contributed by atoms with Gasteiger partial charge in [-0.15, -0.1) is 0 Å². The Labute approximate surface area is 148 Å². The molecule has 0 heterocycles. The highest BCUT2D eigenvalue weighted by molar-refractivity contribution is 7.91. The third-order valence-corrected chi connectivity index (χ3v) is 5.25. The maximum Gasteiger partial charge on any atom is 0.342 e. The van der Waals surface area contributed by atoms with Gasteiger partial charge in [-0.25, -0.2) is 13.2 Å². The summed E-state index contributed by atoms with van der Waals surface area (Å²) in [6.45, 7) is 5.42. The maximum atomic E-state index is 12.3. The Bertz CT molecular complexity index is 823. The molecular formula is C19H22O5S. The highest BCUT2D eigenvalue weighted by Crippen LogP contribution is 2.21. The van der Waals surface area contributed by atoms with E-state index in [1.807, 2.05) is 13.8 Å². The smallest absolute Gasteiger partial charge is 0.342 e. The van der Waals surface area contributed by atoms with Crippen molar-refractivity contribution in [3.63, 3.8) is 0 Å². The van der Waals surface area contributed by atoms with Crippen LogP contribution >= 0.6 is 0 Å². The fourth-order valence-electron chi connectivity index (χ4n) is 2.18. The predicted molar refractivity (Wildman–Crippen MR) is 95.5 cm³/mol. The first-order chi connectivity index (χ1) is 11.8. The highest BCUT2D eigenvalue weighted by Gasteiger charge is 2.15. The molecule has 0 atom stereocenters. The molecule has 0 aliphatic rings. The molecule has 0 unspecified atom stereocenters. The lowest BCUT2D eigenvalue weighted by Crippen LogP contribution is -2.12. The van der Waals surface area contributed by atoms with Crippen LogP contribution in [0.2, 0.25) is 0 Å². The molecular weight excluding hydrogens is 340 g/mol. The van der Waals surface area contributed by atoms with Crippen molar-refractivity contribution in [2.75, 3.05) is 5.75 Å². The van der Waals surface area contributed by atoms with Crippen molar-refractivity contribution < 1.29 is 22.7 Å². The zero-order chi connectivity index (χ0) is 18.4. The fourth-order valence-corrected chi connectivity index (χ4v) is 3.06. The van der Waals surface area contributed by atoms with Gasteiger partial charge < -0.3 is 9.47 Å². The summed E-state index contributed by atoms with van der Waals surface area (Å²) in [4.78, 5) is 12.6. The normalized spacial score (nSPS) is 11.4. The van der Waals surface area contributed by atoms with Crippen molar-refractivity contribution in [1.82, 2.24) is 0 Å². The van der Waals surface area contributed by atoms with E-state index in [0.717, 1.165) is 0 Å². The Balaban J connectivity index is 2.06. The standard InChI is InChI=1S/C19H22O5S/c1-4-25(21,22)16-11-9-15(10-12-16)13-23-19(20)17-7-5-6-8-18(17)24-14(2)3/h5-12,14H,4,13H2,1-3H3. The molecule has 25 heavy (non-hydrogen) atoms. The van der Waals surface area contributed by atoms with Crippen LogP contribution in [-0.2, 0) is 21.2 Å². The summed E-state index contributed by atoms with van der Waals surface area (Å²) < 4.78 is 34.5. The van der Waals surface area contributed by atoms with Gasteiger partial charge in [0.05, 0.1) is 16.8 Å². The molecule has 0 N–H and O–H groups in total. The van der Waals surface area contributed by atoms with Crippen LogP contribution in [0.15, 0.2) is 53.4 Å². The third kappa shape index (κ3) is 5.06. The van der Waals surface area contributed by atoms with E-state index in [4.69, 9.17) is 9.47 Å². The first-order valence-corrected chi connectivity index (χ1v) is 9.73. The van der Waals surface area contributed by atoms with Crippen molar-refractivity contribution >= 4 is 15.8 Å². The van der Waals surface area contributed by atoms with Gasteiger partial charge in [0.25, 0.3) is 0 Å². The second kappa shape index (κ2) is 8.16. The van der Waals surface area contributed by atoms with Gasteiger partial charge in [-0.1, -0.05) is 31.2 Å². The van der Waals surface area contributed by atoms with E-state index in [-0.39, 0.29) is 23.4 Å². The quantitative estimate of drug-likeness (QED) is 0.704. The van der Waals surface area contributed by atoms with Crippen molar-refractivity contribution in [1.29, 1.82) is 0 Å². The van der Waals surface area contributed by atoms with Crippen molar-refractivity contribution in [3.05, 3.63) is 59.7 Å². The lowest BCUT2D eigenvalue weighted by molar-refractivity contribution is 0.0466. The van der Waals surface area contributed by atoms with Crippen LogP contribution in [0.3, 0.4) is 0 Å². The Morgan fingerprint density at radius 2 is 1.68 bits per heavy atom. The summed E-state index contributed by atoms with van der Waals surface area (Å²) in [5, 5.41) is 0. The lowest BCUT2D eigenvalue weighted by atomic mass is 10.2. The van der Waals surface area contributed by atoms with E-state index >= 15 is 0 Å². The average molecular weight is 362 g/mol. The zero-order valence-corrected chi connectivity index (χ0v) is 15.4. The van der Waals surface area contributed by atoms with Crippen LogP contribution in [0.25, 0.3) is 0 Å². The SMILES string of the molecule is CCS(=O)(=O)c1ccc(COC(=O)c2ccccc2OC(C)C)cc1. The van der Waals surface area contributed by atoms with Crippen molar-refractivity contribution in [3.8, 4) is 5.75 Å². The van der Waals surface area contributed by atoms with E-state index in [2.05, 4.69) is 0 Å².